The van der Waals surface area contributed by atoms with Crippen molar-refractivity contribution in [3.63, 3.8) is 0 Å². The van der Waals surface area contributed by atoms with Crippen LogP contribution in [0.2, 0.25) is 0 Å². The van der Waals surface area contributed by atoms with E-state index >= 15 is 0 Å². The van der Waals surface area contributed by atoms with Crippen molar-refractivity contribution >= 4 is 11.6 Å². The number of ether oxygens (including phenoxy) is 1. The molecule has 1 fully saturated rings. The molecule has 1 aliphatic heterocycles. The zero-order chi connectivity index (χ0) is 18.2. The number of amides is 1. The van der Waals surface area contributed by atoms with Gasteiger partial charge < -0.3 is 15.0 Å². The zero-order valence-electron chi connectivity index (χ0n) is 15.3. The highest BCUT2D eigenvalue weighted by Crippen LogP contribution is 2.15. The Balaban J connectivity index is 1.99. The Hall–Kier alpha value is -2.32. The van der Waals surface area contributed by atoms with Crippen LogP contribution in [-0.2, 0) is 16.0 Å². The molecule has 0 spiro atoms. The maximum absolute atomic E-state index is 12.4. The quantitative estimate of drug-likeness (QED) is 0.635. The molecule has 0 aromatic heterocycles. The molecule has 0 aliphatic carbocycles. The van der Waals surface area contributed by atoms with Gasteiger partial charge in [-0.25, -0.2) is 0 Å². The highest BCUT2D eigenvalue weighted by Gasteiger charge is 2.21. The molecule has 1 aromatic rings. The number of unbranched alkanes of at least 4 members (excludes halogenated alkanes) is 1. The molecule has 1 amide bonds. The van der Waals surface area contributed by atoms with Crippen molar-refractivity contribution in [1.29, 1.82) is 5.26 Å². The Kier molecular flexibility index (Phi) is 7.03. The zero-order valence-corrected chi connectivity index (χ0v) is 15.3. The predicted molar refractivity (Wildman–Crippen MR) is 99.0 cm³/mol. The largest absolute Gasteiger partial charge is 0.372 e. The van der Waals surface area contributed by atoms with Gasteiger partial charge in [-0.2, -0.15) is 5.26 Å². The molecule has 5 heteroatoms. The monoisotopic (exact) mass is 341 g/mol. The van der Waals surface area contributed by atoms with Gasteiger partial charge in [-0.1, -0.05) is 25.5 Å². The summed E-state index contributed by atoms with van der Waals surface area (Å²) in [5.74, 6) is -0.379. The van der Waals surface area contributed by atoms with Gasteiger partial charge in [0.1, 0.15) is 11.6 Å². The molecule has 1 N–H and O–H groups in total. The molecule has 1 saturated heterocycles. The van der Waals surface area contributed by atoms with Crippen molar-refractivity contribution in [1.82, 2.24) is 4.90 Å². The third kappa shape index (κ3) is 5.91. The van der Waals surface area contributed by atoms with Gasteiger partial charge in [0.25, 0.3) is 5.91 Å². The molecule has 2 atom stereocenters. The molecule has 25 heavy (non-hydrogen) atoms. The summed E-state index contributed by atoms with van der Waals surface area (Å²) >= 11 is 0. The van der Waals surface area contributed by atoms with E-state index in [0.29, 0.717) is 18.8 Å². The minimum absolute atomic E-state index is 0.0821. The number of nitrogens with zero attached hydrogens (tertiary/aromatic N) is 2. The van der Waals surface area contributed by atoms with Crippen LogP contribution in [0, 0.1) is 11.3 Å². The van der Waals surface area contributed by atoms with Gasteiger partial charge in [0, 0.05) is 25.0 Å². The highest BCUT2D eigenvalue weighted by molar-refractivity contribution is 6.06. The van der Waals surface area contributed by atoms with Gasteiger partial charge in [0.15, 0.2) is 0 Å². The van der Waals surface area contributed by atoms with Crippen LogP contribution >= 0.6 is 0 Å². The predicted octanol–water partition coefficient (Wildman–Crippen LogP) is 3.48. The van der Waals surface area contributed by atoms with Gasteiger partial charge in [-0.15, -0.1) is 0 Å². The number of morpholine rings is 1. The summed E-state index contributed by atoms with van der Waals surface area (Å²) in [6.45, 7) is 7.50. The van der Waals surface area contributed by atoms with E-state index in [2.05, 4.69) is 12.2 Å². The third-order valence-corrected chi connectivity index (χ3v) is 4.16. The van der Waals surface area contributed by atoms with Gasteiger partial charge in [0.2, 0.25) is 0 Å². The molecular formula is C20H27N3O2. The molecule has 5 nitrogen and oxygen atoms in total. The molecule has 1 heterocycles. The number of hydrogen-bond acceptors (Lipinski definition) is 4. The average molecular weight is 341 g/mol. The second-order valence-electron chi connectivity index (χ2n) is 6.62. The Morgan fingerprint density at radius 2 is 1.96 bits per heavy atom. The maximum atomic E-state index is 12.4. The van der Waals surface area contributed by atoms with Crippen LogP contribution in [0.3, 0.4) is 0 Å². The molecule has 2 rings (SSSR count). The summed E-state index contributed by atoms with van der Waals surface area (Å²) < 4.78 is 5.67. The number of benzene rings is 1. The smallest absolute Gasteiger partial charge is 0.267 e. The van der Waals surface area contributed by atoms with E-state index < -0.39 is 0 Å². The number of carbonyl (C=O) groups excluding carboxylic acids is 1. The van der Waals surface area contributed by atoms with Crippen molar-refractivity contribution in [2.24, 2.45) is 0 Å². The fourth-order valence-corrected chi connectivity index (χ4v) is 2.98. The normalized spacial score (nSPS) is 20.9. The number of anilines is 1. The average Bonchev–Trinajstić information content (AvgIpc) is 2.58. The summed E-state index contributed by atoms with van der Waals surface area (Å²) in [7, 11) is 0. The van der Waals surface area contributed by atoms with Crippen molar-refractivity contribution < 1.29 is 9.53 Å². The molecular weight excluding hydrogens is 314 g/mol. The van der Waals surface area contributed by atoms with E-state index in [1.807, 2.05) is 49.1 Å². The number of hydrogen-bond donors (Lipinski definition) is 1. The van der Waals surface area contributed by atoms with Gasteiger partial charge in [0.05, 0.1) is 12.2 Å². The lowest BCUT2D eigenvalue weighted by Crippen LogP contribution is -2.43. The second kappa shape index (κ2) is 9.24. The minimum atomic E-state index is -0.379. The van der Waals surface area contributed by atoms with E-state index in [1.54, 1.807) is 6.20 Å². The number of nitrogens with one attached hydrogen (secondary N) is 1. The minimum Gasteiger partial charge on any atom is -0.372 e. The van der Waals surface area contributed by atoms with Gasteiger partial charge in [-0.3, -0.25) is 4.79 Å². The van der Waals surface area contributed by atoms with E-state index in [4.69, 9.17) is 4.74 Å². The number of nitriles is 1. The van der Waals surface area contributed by atoms with Crippen molar-refractivity contribution in [2.75, 3.05) is 18.4 Å². The maximum Gasteiger partial charge on any atom is 0.267 e. The van der Waals surface area contributed by atoms with E-state index in [9.17, 15) is 10.1 Å². The fraction of sp³-hybridized carbons (Fsp3) is 0.500. The first-order valence-corrected chi connectivity index (χ1v) is 8.93. The summed E-state index contributed by atoms with van der Waals surface area (Å²) in [6.07, 6.45) is 5.16. The van der Waals surface area contributed by atoms with Crippen LogP contribution in [0.5, 0.6) is 0 Å². The lowest BCUT2D eigenvalue weighted by atomic mass is 10.1. The number of carbonyl (C=O) groups is 1. The first-order chi connectivity index (χ1) is 12.0. The molecule has 0 radical (unpaired) electrons. The van der Waals surface area contributed by atoms with Crippen molar-refractivity contribution in [2.45, 2.75) is 52.2 Å². The summed E-state index contributed by atoms with van der Waals surface area (Å²) in [5.41, 5.74) is 2.07. The Morgan fingerprint density at radius 3 is 2.52 bits per heavy atom. The Morgan fingerprint density at radius 1 is 1.32 bits per heavy atom. The third-order valence-electron chi connectivity index (χ3n) is 4.16. The standard InChI is InChI=1S/C20H27N3O2/c1-4-5-6-17-7-9-19(10-8-17)22-20(24)18(11-21)14-23-12-15(2)25-16(3)13-23/h7-10,14-16H,4-6,12-13H2,1-3H3,(H,22,24)/b18-14-. The molecule has 2 unspecified atom stereocenters. The van der Waals surface area contributed by atoms with Gasteiger partial charge in [-0.05, 0) is 44.4 Å². The topological polar surface area (TPSA) is 65.4 Å². The Bertz CT molecular complexity index is 636. The number of aryl methyl sites for hydroxylation is 1. The van der Waals surface area contributed by atoms with Crippen LogP contribution in [-0.4, -0.2) is 36.1 Å². The summed E-state index contributed by atoms with van der Waals surface area (Å²) in [4.78, 5) is 14.4. The van der Waals surface area contributed by atoms with Crippen molar-refractivity contribution in [3.8, 4) is 6.07 Å². The van der Waals surface area contributed by atoms with Crippen LogP contribution in [0.25, 0.3) is 0 Å². The van der Waals surface area contributed by atoms with E-state index in [1.165, 1.54) is 5.56 Å². The molecule has 1 aliphatic rings. The second-order valence-corrected chi connectivity index (χ2v) is 6.62. The van der Waals surface area contributed by atoms with Crippen LogP contribution in [0.1, 0.15) is 39.2 Å². The first-order valence-electron chi connectivity index (χ1n) is 8.93. The summed E-state index contributed by atoms with van der Waals surface area (Å²) in [5, 5.41) is 12.1. The molecule has 0 saturated carbocycles. The lowest BCUT2D eigenvalue weighted by Gasteiger charge is -2.34. The van der Waals surface area contributed by atoms with Gasteiger partial charge >= 0.3 is 0 Å². The lowest BCUT2D eigenvalue weighted by molar-refractivity contribution is -0.112. The molecule has 1 aromatic carbocycles. The van der Waals surface area contributed by atoms with Crippen LogP contribution in [0.15, 0.2) is 36.0 Å². The highest BCUT2D eigenvalue weighted by atomic mass is 16.5. The number of rotatable bonds is 6. The Labute approximate surface area is 150 Å². The fourth-order valence-electron chi connectivity index (χ4n) is 2.98. The molecule has 0 bridgehead atoms. The van der Waals surface area contributed by atoms with E-state index in [0.717, 1.165) is 19.3 Å². The summed E-state index contributed by atoms with van der Waals surface area (Å²) in [6, 6.07) is 9.82. The van der Waals surface area contributed by atoms with E-state index in [-0.39, 0.29) is 23.7 Å². The first kappa shape index (κ1) is 19.0. The SMILES string of the molecule is CCCCc1ccc(NC(=O)/C(C#N)=C\N2CC(C)OC(C)C2)cc1. The van der Waals surface area contributed by atoms with Crippen LogP contribution < -0.4 is 5.32 Å². The molecule has 134 valence electrons. The van der Waals surface area contributed by atoms with Crippen molar-refractivity contribution in [3.05, 3.63) is 41.6 Å². The van der Waals surface area contributed by atoms with Crippen LogP contribution in [0.4, 0.5) is 5.69 Å².